The SMILES string of the molecule is CC.CN1CC2NCCC(F)C2C1. The molecule has 2 fully saturated rings. The summed E-state index contributed by atoms with van der Waals surface area (Å²) in [6.45, 7) is 6.81. The molecule has 2 heterocycles. The van der Waals surface area contributed by atoms with Gasteiger partial charge in [0.25, 0.3) is 0 Å². The molecular weight excluding hydrogens is 167 g/mol. The highest BCUT2D eigenvalue weighted by Crippen LogP contribution is 2.26. The molecule has 0 aromatic rings. The minimum absolute atomic E-state index is 0.258. The molecule has 2 nitrogen and oxygen atoms in total. The van der Waals surface area contributed by atoms with Gasteiger partial charge < -0.3 is 10.2 Å². The second kappa shape index (κ2) is 4.91. The number of halogens is 1. The minimum atomic E-state index is -0.564. The van der Waals surface area contributed by atoms with Crippen molar-refractivity contribution in [2.24, 2.45) is 5.92 Å². The molecule has 2 rings (SSSR count). The quantitative estimate of drug-likeness (QED) is 0.616. The number of rotatable bonds is 0. The summed E-state index contributed by atoms with van der Waals surface area (Å²) in [5, 5.41) is 3.36. The number of likely N-dealkylation sites (tertiary alicyclic amines) is 1. The summed E-state index contributed by atoms with van der Waals surface area (Å²) >= 11 is 0. The van der Waals surface area contributed by atoms with Crippen LogP contribution in [0.4, 0.5) is 4.39 Å². The molecule has 0 amide bonds. The van der Waals surface area contributed by atoms with Crippen LogP contribution in [0.15, 0.2) is 0 Å². The van der Waals surface area contributed by atoms with Crippen LogP contribution in [-0.2, 0) is 0 Å². The van der Waals surface area contributed by atoms with Crippen LogP contribution >= 0.6 is 0 Å². The molecule has 2 saturated heterocycles. The van der Waals surface area contributed by atoms with Crippen molar-refractivity contribution in [2.45, 2.75) is 32.5 Å². The van der Waals surface area contributed by atoms with Crippen LogP contribution < -0.4 is 5.32 Å². The van der Waals surface area contributed by atoms with Gasteiger partial charge in [0, 0.05) is 25.0 Å². The smallest absolute Gasteiger partial charge is 0.107 e. The van der Waals surface area contributed by atoms with E-state index in [0.717, 1.165) is 19.6 Å². The Kier molecular flexibility index (Phi) is 4.13. The Morgan fingerprint density at radius 2 is 2.00 bits per heavy atom. The summed E-state index contributed by atoms with van der Waals surface area (Å²) in [5.41, 5.74) is 0. The van der Waals surface area contributed by atoms with Crippen molar-refractivity contribution in [1.29, 1.82) is 0 Å². The Labute approximate surface area is 80.5 Å². The first kappa shape index (κ1) is 10.9. The summed E-state index contributed by atoms with van der Waals surface area (Å²) in [5.74, 6) is 0.258. The number of hydrogen-bond donors (Lipinski definition) is 1. The third kappa shape index (κ3) is 2.41. The Morgan fingerprint density at radius 1 is 1.31 bits per heavy atom. The molecule has 0 saturated carbocycles. The summed E-state index contributed by atoms with van der Waals surface area (Å²) in [7, 11) is 2.06. The van der Waals surface area contributed by atoms with Crippen LogP contribution in [0, 0.1) is 5.92 Å². The second-order valence-electron chi connectivity index (χ2n) is 3.75. The predicted octanol–water partition coefficient (Wildman–Crippen LogP) is 1.27. The van der Waals surface area contributed by atoms with Crippen molar-refractivity contribution in [2.75, 3.05) is 26.7 Å². The van der Waals surface area contributed by atoms with Gasteiger partial charge in [0.2, 0.25) is 0 Å². The van der Waals surface area contributed by atoms with Crippen LogP contribution in [-0.4, -0.2) is 43.8 Å². The van der Waals surface area contributed by atoms with Crippen molar-refractivity contribution in [1.82, 2.24) is 10.2 Å². The van der Waals surface area contributed by atoms with Gasteiger partial charge >= 0.3 is 0 Å². The van der Waals surface area contributed by atoms with Crippen LogP contribution in [0.1, 0.15) is 20.3 Å². The number of fused-ring (bicyclic) bond motifs is 1. The van der Waals surface area contributed by atoms with Crippen LogP contribution in [0.25, 0.3) is 0 Å². The molecule has 3 heteroatoms. The van der Waals surface area contributed by atoms with E-state index in [0.29, 0.717) is 12.5 Å². The molecule has 0 aromatic heterocycles. The van der Waals surface area contributed by atoms with Crippen LogP contribution in [0.2, 0.25) is 0 Å². The molecule has 0 spiro atoms. The maximum atomic E-state index is 13.2. The lowest BCUT2D eigenvalue weighted by Gasteiger charge is -2.28. The van der Waals surface area contributed by atoms with Crippen molar-refractivity contribution in [3.05, 3.63) is 0 Å². The zero-order chi connectivity index (χ0) is 9.84. The Hall–Kier alpha value is -0.150. The summed E-state index contributed by atoms with van der Waals surface area (Å²) in [6.07, 6.45) is 0.140. The first-order chi connectivity index (χ1) is 6.27. The second-order valence-corrected chi connectivity index (χ2v) is 3.75. The highest BCUT2D eigenvalue weighted by molar-refractivity contribution is 4.95. The van der Waals surface area contributed by atoms with Gasteiger partial charge in [-0.15, -0.1) is 0 Å². The van der Waals surface area contributed by atoms with E-state index in [-0.39, 0.29) is 5.92 Å². The van der Waals surface area contributed by atoms with E-state index in [1.807, 2.05) is 13.8 Å². The van der Waals surface area contributed by atoms with Gasteiger partial charge in [-0.3, -0.25) is 0 Å². The molecule has 3 unspecified atom stereocenters. The lowest BCUT2D eigenvalue weighted by molar-refractivity contribution is 0.162. The van der Waals surface area contributed by atoms with Crippen molar-refractivity contribution >= 4 is 0 Å². The minimum Gasteiger partial charge on any atom is -0.312 e. The average molecular weight is 188 g/mol. The Balaban J connectivity index is 0.000000396. The molecule has 0 bridgehead atoms. The lowest BCUT2D eigenvalue weighted by atomic mass is 9.92. The molecule has 2 aliphatic heterocycles. The number of piperidine rings is 1. The molecule has 0 aliphatic carbocycles. The standard InChI is InChI=1S/C8H15FN2.C2H6/c1-11-4-6-7(9)2-3-10-8(6)5-11;1-2/h6-8,10H,2-5H2,1H3;1-2H3. The van der Waals surface area contributed by atoms with E-state index < -0.39 is 6.17 Å². The summed E-state index contributed by atoms with van der Waals surface area (Å²) < 4.78 is 13.2. The van der Waals surface area contributed by atoms with Gasteiger partial charge in [0.05, 0.1) is 0 Å². The maximum Gasteiger partial charge on any atom is 0.107 e. The predicted molar refractivity (Wildman–Crippen MR) is 53.6 cm³/mol. The Bertz CT molecular complexity index is 152. The van der Waals surface area contributed by atoms with Gasteiger partial charge in [-0.1, -0.05) is 13.8 Å². The van der Waals surface area contributed by atoms with E-state index in [9.17, 15) is 4.39 Å². The van der Waals surface area contributed by atoms with Gasteiger partial charge in [-0.25, -0.2) is 4.39 Å². The van der Waals surface area contributed by atoms with E-state index in [1.165, 1.54) is 0 Å². The largest absolute Gasteiger partial charge is 0.312 e. The maximum absolute atomic E-state index is 13.2. The van der Waals surface area contributed by atoms with E-state index in [2.05, 4.69) is 17.3 Å². The van der Waals surface area contributed by atoms with E-state index >= 15 is 0 Å². The van der Waals surface area contributed by atoms with Gasteiger partial charge in [-0.05, 0) is 20.0 Å². The third-order valence-corrected chi connectivity index (χ3v) is 2.84. The molecular formula is C10H21FN2. The molecule has 0 radical (unpaired) electrons. The fourth-order valence-electron chi connectivity index (χ4n) is 2.24. The molecule has 0 aromatic carbocycles. The van der Waals surface area contributed by atoms with Gasteiger partial charge in [0.1, 0.15) is 6.17 Å². The first-order valence-corrected chi connectivity index (χ1v) is 5.33. The third-order valence-electron chi connectivity index (χ3n) is 2.84. The fraction of sp³-hybridized carbons (Fsp3) is 1.00. The molecule has 3 atom stereocenters. The van der Waals surface area contributed by atoms with Gasteiger partial charge in [0.15, 0.2) is 0 Å². The normalized spacial score (nSPS) is 39.2. The van der Waals surface area contributed by atoms with E-state index in [1.54, 1.807) is 0 Å². The van der Waals surface area contributed by atoms with Gasteiger partial charge in [-0.2, -0.15) is 0 Å². The zero-order valence-corrected chi connectivity index (χ0v) is 8.89. The zero-order valence-electron chi connectivity index (χ0n) is 8.89. The lowest BCUT2D eigenvalue weighted by Crippen LogP contribution is -2.46. The number of nitrogens with one attached hydrogen (secondary N) is 1. The molecule has 2 aliphatic rings. The van der Waals surface area contributed by atoms with E-state index in [4.69, 9.17) is 0 Å². The Morgan fingerprint density at radius 3 is 2.62 bits per heavy atom. The number of alkyl halides is 1. The summed E-state index contributed by atoms with van der Waals surface area (Å²) in [4.78, 5) is 2.21. The summed E-state index contributed by atoms with van der Waals surface area (Å²) in [6, 6.07) is 0.420. The van der Waals surface area contributed by atoms with Crippen molar-refractivity contribution < 1.29 is 4.39 Å². The monoisotopic (exact) mass is 188 g/mol. The molecule has 1 N–H and O–H groups in total. The number of likely N-dealkylation sites (N-methyl/N-ethyl adjacent to an activating group) is 1. The number of nitrogens with zero attached hydrogens (tertiary/aromatic N) is 1. The highest BCUT2D eigenvalue weighted by atomic mass is 19.1. The van der Waals surface area contributed by atoms with Crippen LogP contribution in [0.3, 0.4) is 0 Å². The topological polar surface area (TPSA) is 15.3 Å². The average Bonchev–Trinajstić information content (AvgIpc) is 2.51. The number of hydrogen-bond acceptors (Lipinski definition) is 2. The van der Waals surface area contributed by atoms with Crippen LogP contribution in [0.5, 0.6) is 0 Å². The molecule has 78 valence electrons. The van der Waals surface area contributed by atoms with Crippen molar-refractivity contribution in [3.8, 4) is 0 Å². The molecule has 13 heavy (non-hydrogen) atoms. The first-order valence-electron chi connectivity index (χ1n) is 5.33. The fourth-order valence-corrected chi connectivity index (χ4v) is 2.24. The van der Waals surface area contributed by atoms with Crippen molar-refractivity contribution in [3.63, 3.8) is 0 Å². The highest BCUT2D eigenvalue weighted by Gasteiger charge is 2.38.